The van der Waals surface area contributed by atoms with Crippen LogP contribution in [-0.2, 0) is 7.05 Å². The molecule has 0 radical (unpaired) electrons. The largest absolute Gasteiger partial charge is 0.334 e. The van der Waals surface area contributed by atoms with Crippen molar-refractivity contribution in [3.63, 3.8) is 0 Å². The van der Waals surface area contributed by atoms with E-state index in [-0.39, 0.29) is 0 Å². The zero-order valence-corrected chi connectivity index (χ0v) is 13.5. The second-order valence-electron chi connectivity index (χ2n) is 5.29. The number of rotatable bonds is 3. The Balaban J connectivity index is 1.81. The Morgan fingerprint density at radius 2 is 2.00 bits per heavy atom. The van der Waals surface area contributed by atoms with Crippen LogP contribution in [0.3, 0.4) is 0 Å². The Labute approximate surface area is 136 Å². The highest BCUT2D eigenvalue weighted by Crippen LogP contribution is 2.34. The number of hydrogen-bond donors (Lipinski definition) is 1. The summed E-state index contributed by atoms with van der Waals surface area (Å²) in [6, 6.07) is 11.5. The Kier molecular flexibility index (Phi) is 3.09. The highest BCUT2D eigenvalue weighted by Gasteiger charge is 2.16. The predicted molar refractivity (Wildman–Crippen MR) is 92.8 cm³/mol. The molecule has 2 heterocycles. The van der Waals surface area contributed by atoms with E-state index in [0.29, 0.717) is 5.69 Å². The van der Waals surface area contributed by atoms with Crippen LogP contribution in [0.15, 0.2) is 42.7 Å². The summed E-state index contributed by atoms with van der Waals surface area (Å²) in [5.74, 6) is 0. The Morgan fingerprint density at radius 3 is 2.83 bits per heavy atom. The first-order valence-corrected chi connectivity index (χ1v) is 7.92. The fourth-order valence-corrected chi connectivity index (χ4v) is 3.49. The number of aryl methyl sites for hydroxylation is 1. The molecule has 0 atom stereocenters. The molecule has 2 aromatic carbocycles. The van der Waals surface area contributed by atoms with Crippen LogP contribution in [0.2, 0.25) is 0 Å². The average molecular weight is 324 g/mol. The van der Waals surface area contributed by atoms with Crippen molar-refractivity contribution in [1.29, 1.82) is 0 Å². The smallest absolute Gasteiger partial charge is 0.278 e. The maximum absolute atomic E-state index is 11.7. The number of hydrogen-bond acceptors (Lipinski definition) is 5. The quantitative estimate of drug-likeness (QED) is 0.579. The molecule has 2 aromatic heterocycles. The van der Waals surface area contributed by atoms with Gasteiger partial charge >= 0.3 is 0 Å². The molecule has 0 spiro atoms. The van der Waals surface area contributed by atoms with Crippen LogP contribution < -0.4 is 5.32 Å². The van der Waals surface area contributed by atoms with Gasteiger partial charge in [-0.25, -0.2) is 9.97 Å². The van der Waals surface area contributed by atoms with Gasteiger partial charge in [0.25, 0.3) is 5.69 Å². The highest BCUT2D eigenvalue weighted by molar-refractivity contribution is 7.22. The fourth-order valence-electron chi connectivity index (χ4n) is 2.61. The minimum Gasteiger partial charge on any atom is -0.334 e. The summed E-state index contributed by atoms with van der Waals surface area (Å²) in [6.45, 7) is 0. The van der Waals surface area contributed by atoms with Gasteiger partial charge in [-0.15, -0.1) is 0 Å². The molecule has 0 amide bonds. The molecule has 23 heavy (non-hydrogen) atoms. The van der Waals surface area contributed by atoms with Crippen molar-refractivity contribution >= 4 is 49.1 Å². The number of imidazole rings is 1. The zero-order valence-electron chi connectivity index (χ0n) is 12.6. The molecule has 1 N–H and O–H groups in total. The van der Waals surface area contributed by atoms with Crippen LogP contribution in [0.4, 0.5) is 16.5 Å². The number of anilines is 2. The van der Waals surface area contributed by atoms with Gasteiger partial charge in [-0.2, -0.15) is 0 Å². The van der Waals surface area contributed by atoms with Crippen molar-refractivity contribution < 1.29 is 4.76 Å². The van der Waals surface area contributed by atoms with Gasteiger partial charge in [0.05, 0.1) is 16.5 Å². The van der Waals surface area contributed by atoms with E-state index in [1.165, 1.54) is 7.05 Å². The second-order valence-corrected chi connectivity index (χ2v) is 6.32. The van der Waals surface area contributed by atoms with Crippen LogP contribution in [0, 0.1) is 4.91 Å². The summed E-state index contributed by atoms with van der Waals surface area (Å²) in [5, 5.41) is 3.99. The second kappa shape index (κ2) is 5.13. The molecule has 4 rings (SSSR count). The standard InChI is InChI=1S/C16H14N5OS/c1-20-9-17-14-12(20)7-8-13-15(14)19-16(23-13)18-10-5-3-4-6-11(10)21(2)22/h3-9H,1-2H3,(H,18,19)/q+1. The minimum absolute atomic E-state index is 0.578. The summed E-state index contributed by atoms with van der Waals surface area (Å²) >= 11 is 1.54. The van der Waals surface area contributed by atoms with E-state index in [1.807, 2.05) is 41.9 Å². The fraction of sp³-hybridized carbons (Fsp3) is 0.125. The lowest BCUT2D eigenvalue weighted by Crippen LogP contribution is -1.97. The van der Waals surface area contributed by atoms with Gasteiger partial charge in [0.1, 0.15) is 16.7 Å². The number of fused-ring (bicyclic) bond motifs is 3. The maximum atomic E-state index is 11.7. The first-order chi connectivity index (χ1) is 11.1. The Hall–Kier alpha value is -2.80. The maximum Gasteiger partial charge on any atom is 0.278 e. The van der Waals surface area contributed by atoms with Crippen molar-refractivity contribution in [2.75, 3.05) is 12.4 Å². The third-order valence-electron chi connectivity index (χ3n) is 3.74. The lowest BCUT2D eigenvalue weighted by molar-refractivity contribution is -0.427. The number of nitroso groups, excluding NO2 is 1. The molecule has 0 unspecified atom stereocenters. The van der Waals surface area contributed by atoms with Crippen LogP contribution in [-0.4, -0.2) is 26.3 Å². The molecule has 4 aromatic rings. The van der Waals surface area contributed by atoms with E-state index in [4.69, 9.17) is 0 Å². The number of para-hydroxylation sites is 2. The topological polar surface area (TPSA) is 62.8 Å². The van der Waals surface area contributed by atoms with E-state index in [9.17, 15) is 4.91 Å². The Bertz CT molecular complexity index is 1050. The molecule has 0 aliphatic carbocycles. The third kappa shape index (κ3) is 2.25. The van der Waals surface area contributed by atoms with Gasteiger partial charge in [0.15, 0.2) is 12.2 Å². The van der Waals surface area contributed by atoms with Gasteiger partial charge in [0, 0.05) is 22.8 Å². The molecule has 0 aliphatic heterocycles. The number of benzene rings is 2. The SMILES string of the molecule is Cn1cnc2c3nc(Nc4ccccc4[N+](C)=O)sc3ccc21. The summed E-state index contributed by atoms with van der Waals surface area (Å²) in [6.07, 6.45) is 1.79. The highest BCUT2D eigenvalue weighted by atomic mass is 32.1. The zero-order chi connectivity index (χ0) is 16.0. The van der Waals surface area contributed by atoms with Gasteiger partial charge in [-0.1, -0.05) is 23.5 Å². The average Bonchev–Trinajstić information content (AvgIpc) is 3.11. The normalized spacial score (nSPS) is 11.2. The number of nitrogens with one attached hydrogen (secondary N) is 1. The van der Waals surface area contributed by atoms with Crippen LogP contribution in [0.25, 0.3) is 21.3 Å². The Morgan fingerprint density at radius 1 is 1.17 bits per heavy atom. The van der Waals surface area contributed by atoms with E-state index in [1.54, 1.807) is 23.7 Å². The first kappa shape index (κ1) is 13.8. The molecule has 7 heteroatoms. The van der Waals surface area contributed by atoms with Crippen molar-refractivity contribution in [3.8, 4) is 0 Å². The van der Waals surface area contributed by atoms with Crippen LogP contribution >= 0.6 is 11.3 Å². The minimum atomic E-state index is 0.578. The summed E-state index contributed by atoms with van der Waals surface area (Å²) in [5.41, 5.74) is 4.14. The first-order valence-electron chi connectivity index (χ1n) is 7.11. The third-order valence-corrected chi connectivity index (χ3v) is 4.67. The van der Waals surface area contributed by atoms with Crippen LogP contribution in [0.5, 0.6) is 0 Å². The number of nitrogens with zero attached hydrogens (tertiary/aromatic N) is 4. The molecule has 0 bridgehead atoms. The van der Waals surface area contributed by atoms with Crippen LogP contribution in [0.1, 0.15) is 0 Å². The number of thiazole rings is 1. The molecule has 0 saturated carbocycles. The van der Waals surface area contributed by atoms with E-state index in [0.717, 1.165) is 36.8 Å². The van der Waals surface area contributed by atoms with E-state index < -0.39 is 0 Å². The summed E-state index contributed by atoms with van der Waals surface area (Å²) < 4.78 is 3.88. The van der Waals surface area contributed by atoms with Crippen molar-refractivity contribution in [1.82, 2.24) is 14.5 Å². The molecular formula is C16H14N5OS+. The van der Waals surface area contributed by atoms with Gasteiger partial charge in [0.2, 0.25) is 0 Å². The van der Waals surface area contributed by atoms with E-state index in [2.05, 4.69) is 15.3 Å². The summed E-state index contributed by atoms with van der Waals surface area (Å²) in [7, 11) is 3.45. The van der Waals surface area contributed by atoms with Crippen molar-refractivity contribution in [2.24, 2.45) is 7.05 Å². The van der Waals surface area contributed by atoms with Crippen molar-refractivity contribution in [2.45, 2.75) is 0 Å². The lowest BCUT2D eigenvalue weighted by Gasteiger charge is -2.01. The molecule has 0 aliphatic rings. The number of aromatic nitrogens is 3. The van der Waals surface area contributed by atoms with E-state index >= 15 is 0 Å². The predicted octanol–water partition coefficient (Wildman–Crippen LogP) is 3.97. The van der Waals surface area contributed by atoms with Gasteiger partial charge < -0.3 is 9.88 Å². The van der Waals surface area contributed by atoms with Gasteiger partial charge in [-0.05, 0) is 18.2 Å². The molecular weight excluding hydrogens is 310 g/mol. The van der Waals surface area contributed by atoms with Gasteiger partial charge in [-0.3, -0.25) is 0 Å². The molecule has 0 saturated heterocycles. The monoisotopic (exact) mass is 324 g/mol. The molecule has 6 nitrogen and oxygen atoms in total. The lowest BCUT2D eigenvalue weighted by atomic mass is 10.2. The van der Waals surface area contributed by atoms with Crippen molar-refractivity contribution in [3.05, 3.63) is 47.6 Å². The molecule has 0 fully saturated rings. The summed E-state index contributed by atoms with van der Waals surface area (Å²) in [4.78, 5) is 20.7. The molecule has 114 valence electrons.